The molecule has 0 bridgehead atoms. The quantitative estimate of drug-likeness (QED) is 0.634. The van der Waals surface area contributed by atoms with E-state index in [4.69, 9.17) is 0 Å². The average molecular weight is 201 g/mol. The summed E-state index contributed by atoms with van der Waals surface area (Å²) in [6, 6.07) is 5.77. The topological polar surface area (TPSA) is 32.3 Å². The minimum Gasteiger partial charge on any atom is -0.507 e. The highest BCUT2D eigenvalue weighted by atomic mass is 16.3. The molecule has 0 unspecified atom stereocenters. The van der Waals surface area contributed by atoms with Crippen LogP contribution < -0.4 is 15.8 Å². The standard InChI is InChI=1S/C13H15NO/c15-12-3-1-2-10-8-13(9-11(10)12)4-6-14-7-5-13/h1-3,8-9,14-15H,4-7H2. The van der Waals surface area contributed by atoms with E-state index in [2.05, 4.69) is 23.5 Å². The lowest BCUT2D eigenvalue weighted by Gasteiger charge is -2.30. The summed E-state index contributed by atoms with van der Waals surface area (Å²) < 4.78 is 0. The van der Waals surface area contributed by atoms with E-state index in [-0.39, 0.29) is 5.41 Å². The van der Waals surface area contributed by atoms with Crippen LogP contribution in [0.3, 0.4) is 0 Å². The van der Waals surface area contributed by atoms with Gasteiger partial charge in [-0.3, -0.25) is 0 Å². The van der Waals surface area contributed by atoms with Gasteiger partial charge in [0.1, 0.15) is 5.75 Å². The molecular weight excluding hydrogens is 186 g/mol. The highest BCUT2D eigenvalue weighted by molar-refractivity contribution is 5.59. The van der Waals surface area contributed by atoms with Crippen molar-refractivity contribution >= 4 is 12.2 Å². The molecule has 2 aliphatic rings. The third kappa shape index (κ3) is 1.37. The number of phenolic OH excluding ortho intramolecular Hbond substituents is 1. The molecule has 0 radical (unpaired) electrons. The molecule has 0 saturated carbocycles. The van der Waals surface area contributed by atoms with Crippen molar-refractivity contribution in [3.8, 4) is 5.75 Å². The summed E-state index contributed by atoms with van der Waals surface area (Å²) in [7, 11) is 0. The van der Waals surface area contributed by atoms with Crippen molar-refractivity contribution < 1.29 is 5.11 Å². The third-order valence-corrected chi connectivity index (χ3v) is 3.53. The second-order valence-electron chi connectivity index (χ2n) is 4.55. The number of hydrogen-bond acceptors (Lipinski definition) is 2. The van der Waals surface area contributed by atoms with Gasteiger partial charge in [-0.2, -0.15) is 0 Å². The van der Waals surface area contributed by atoms with Gasteiger partial charge in [-0.25, -0.2) is 0 Å². The Balaban J connectivity index is 2.16. The van der Waals surface area contributed by atoms with E-state index in [1.54, 1.807) is 6.07 Å². The predicted octanol–water partition coefficient (Wildman–Crippen LogP) is 0.337. The van der Waals surface area contributed by atoms with Gasteiger partial charge in [0, 0.05) is 10.6 Å². The maximum absolute atomic E-state index is 9.78. The lowest BCUT2D eigenvalue weighted by Crippen LogP contribution is -2.33. The minimum atomic E-state index is 0.201. The van der Waals surface area contributed by atoms with Gasteiger partial charge in [-0.05, 0) is 37.2 Å². The molecule has 1 aromatic rings. The van der Waals surface area contributed by atoms with Crippen LogP contribution >= 0.6 is 0 Å². The van der Waals surface area contributed by atoms with E-state index in [1.165, 1.54) is 5.22 Å². The largest absolute Gasteiger partial charge is 0.507 e. The molecule has 1 aliphatic heterocycles. The molecule has 1 fully saturated rings. The van der Waals surface area contributed by atoms with Gasteiger partial charge >= 0.3 is 0 Å². The van der Waals surface area contributed by atoms with Gasteiger partial charge in [0.25, 0.3) is 0 Å². The van der Waals surface area contributed by atoms with Crippen molar-refractivity contribution in [3.63, 3.8) is 0 Å². The molecule has 15 heavy (non-hydrogen) atoms. The minimum absolute atomic E-state index is 0.201. The summed E-state index contributed by atoms with van der Waals surface area (Å²) >= 11 is 0. The summed E-state index contributed by atoms with van der Waals surface area (Å²) in [6.45, 7) is 2.14. The number of fused-ring (bicyclic) bond motifs is 1. The zero-order valence-electron chi connectivity index (χ0n) is 8.66. The Bertz CT molecular complexity index is 498. The molecule has 78 valence electrons. The summed E-state index contributed by atoms with van der Waals surface area (Å²) in [5.41, 5.74) is 0.201. The maximum atomic E-state index is 9.78. The van der Waals surface area contributed by atoms with Crippen LogP contribution in [0.5, 0.6) is 5.75 Å². The number of phenols is 1. The highest BCUT2D eigenvalue weighted by Crippen LogP contribution is 2.34. The molecule has 1 heterocycles. The average Bonchev–Trinajstić information content (AvgIpc) is 2.59. The molecule has 2 nitrogen and oxygen atoms in total. The van der Waals surface area contributed by atoms with Gasteiger partial charge in [-0.1, -0.05) is 24.3 Å². The van der Waals surface area contributed by atoms with Crippen molar-refractivity contribution in [1.29, 1.82) is 0 Å². The van der Waals surface area contributed by atoms with Gasteiger partial charge < -0.3 is 10.4 Å². The second-order valence-corrected chi connectivity index (χ2v) is 4.55. The molecule has 0 aromatic heterocycles. The molecule has 1 saturated heterocycles. The fourth-order valence-corrected chi connectivity index (χ4v) is 2.67. The third-order valence-electron chi connectivity index (χ3n) is 3.53. The Labute approximate surface area is 88.9 Å². The Hall–Kier alpha value is -1.28. The van der Waals surface area contributed by atoms with Gasteiger partial charge in [-0.15, -0.1) is 0 Å². The van der Waals surface area contributed by atoms with E-state index in [1.807, 2.05) is 6.07 Å². The summed E-state index contributed by atoms with van der Waals surface area (Å²) in [5.74, 6) is 0.416. The van der Waals surface area contributed by atoms with Crippen LogP contribution in [0.25, 0.3) is 12.2 Å². The van der Waals surface area contributed by atoms with Crippen LogP contribution in [-0.4, -0.2) is 18.2 Å². The number of hydrogen-bond donors (Lipinski definition) is 2. The van der Waals surface area contributed by atoms with Crippen LogP contribution in [0.4, 0.5) is 0 Å². The van der Waals surface area contributed by atoms with E-state index in [0.29, 0.717) is 5.75 Å². The first-order valence-corrected chi connectivity index (χ1v) is 5.54. The Morgan fingerprint density at radius 1 is 1.13 bits per heavy atom. The first kappa shape index (κ1) is 8.98. The predicted molar refractivity (Wildman–Crippen MR) is 60.8 cm³/mol. The first-order valence-electron chi connectivity index (χ1n) is 5.54. The van der Waals surface area contributed by atoms with Crippen molar-refractivity contribution in [1.82, 2.24) is 5.32 Å². The Kier molecular flexibility index (Phi) is 1.86. The second kappa shape index (κ2) is 3.11. The maximum Gasteiger partial charge on any atom is 0.123 e. The van der Waals surface area contributed by atoms with E-state index in [9.17, 15) is 5.11 Å². The van der Waals surface area contributed by atoms with Crippen molar-refractivity contribution in [3.05, 3.63) is 28.6 Å². The summed E-state index contributed by atoms with van der Waals surface area (Å²) in [4.78, 5) is 0. The van der Waals surface area contributed by atoms with Crippen LogP contribution in [0, 0.1) is 5.41 Å². The van der Waals surface area contributed by atoms with E-state index in [0.717, 1.165) is 31.1 Å². The number of benzene rings is 1. The zero-order valence-corrected chi connectivity index (χ0v) is 8.66. The molecule has 1 aromatic carbocycles. The molecule has 1 aliphatic carbocycles. The molecule has 0 atom stereocenters. The highest BCUT2D eigenvalue weighted by Gasteiger charge is 2.29. The SMILES string of the molecule is Oc1cccc2c1=CC1(C=2)CCNCC1. The van der Waals surface area contributed by atoms with Gasteiger partial charge in [0.05, 0.1) is 0 Å². The summed E-state index contributed by atoms with van der Waals surface area (Å²) in [6.07, 6.45) is 6.85. The molecule has 2 N–H and O–H groups in total. The van der Waals surface area contributed by atoms with Crippen LogP contribution in [0.15, 0.2) is 18.2 Å². The monoisotopic (exact) mass is 201 g/mol. The van der Waals surface area contributed by atoms with Crippen LogP contribution in [0.1, 0.15) is 12.8 Å². The van der Waals surface area contributed by atoms with Gasteiger partial charge in [0.15, 0.2) is 0 Å². The van der Waals surface area contributed by atoms with Crippen LogP contribution in [0.2, 0.25) is 0 Å². The Morgan fingerprint density at radius 2 is 1.93 bits per heavy atom. The van der Waals surface area contributed by atoms with Crippen molar-refractivity contribution in [2.24, 2.45) is 5.41 Å². The molecule has 1 spiro atoms. The smallest absolute Gasteiger partial charge is 0.123 e. The molecule has 2 heteroatoms. The number of rotatable bonds is 0. The molecule has 0 amide bonds. The number of aromatic hydroxyl groups is 1. The van der Waals surface area contributed by atoms with Crippen molar-refractivity contribution in [2.75, 3.05) is 13.1 Å². The molecule has 3 rings (SSSR count). The van der Waals surface area contributed by atoms with E-state index < -0.39 is 0 Å². The first-order chi connectivity index (χ1) is 7.29. The zero-order chi connectivity index (χ0) is 10.3. The lowest BCUT2D eigenvalue weighted by molar-refractivity contribution is 0.386. The Morgan fingerprint density at radius 3 is 2.67 bits per heavy atom. The fourth-order valence-electron chi connectivity index (χ4n) is 2.67. The fraction of sp³-hybridized carbons (Fsp3) is 0.385. The van der Waals surface area contributed by atoms with E-state index >= 15 is 0 Å². The van der Waals surface area contributed by atoms with Crippen molar-refractivity contribution in [2.45, 2.75) is 12.8 Å². The number of nitrogens with one attached hydrogen (secondary N) is 1. The van der Waals surface area contributed by atoms with Gasteiger partial charge in [0.2, 0.25) is 0 Å². The molecular formula is C13H15NO. The van der Waals surface area contributed by atoms with Crippen LogP contribution in [-0.2, 0) is 0 Å². The number of piperidine rings is 1. The normalized spacial score (nSPS) is 21.9. The lowest BCUT2D eigenvalue weighted by atomic mass is 9.80. The summed E-state index contributed by atoms with van der Waals surface area (Å²) in [5, 5.41) is 15.4.